The van der Waals surface area contributed by atoms with Crippen molar-refractivity contribution in [1.82, 2.24) is 20.1 Å². The normalized spacial score (nSPS) is 22.9. The van der Waals surface area contributed by atoms with Gasteiger partial charge in [0.15, 0.2) is 0 Å². The molecule has 0 aromatic carbocycles. The van der Waals surface area contributed by atoms with Crippen molar-refractivity contribution in [1.29, 1.82) is 0 Å². The van der Waals surface area contributed by atoms with Crippen molar-refractivity contribution in [3.05, 3.63) is 11.5 Å². The third kappa shape index (κ3) is 2.23. The molecule has 1 atom stereocenters. The van der Waals surface area contributed by atoms with E-state index in [9.17, 15) is 0 Å². The van der Waals surface area contributed by atoms with Crippen molar-refractivity contribution in [2.45, 2.75) is 25.7 Å². The summed E-state index contributed by atoms with van der Waals surface area (Å²) in [5.41, 5.74) is 6.73. The molecule has 1 aromatic rings. The van der Waals surface area contributed by atoms with Crippen LogP contribution in [-0.2, 0) is 0 Å². The maximum absolute atomic E-state index is 5.87. The Morgan fingerprint density at radius 2 is 2.20 bits per heavy atom. The Morgan fingerprint density at radius 3 is 2.87 bits per heavy atom. The molecule has 0 aliphatic carbocycles. The van der Waals surface area contributed by atoms with Crippen LogP contribution in [0.5, 0.6) is 0 Å². The number of rotatable bonds is 1. The second-order valence-electron chi connectivity index (χ2n) is 4.23. The molecule has 1 aromatic heterocycles. The van der Waals surface area contributed by atoms with E-state index < -0.39 is 0 Å². The lowest BCUT2D eigenvalue weighted by Crippen LogP contribution is -2.32. The van der Waals surface area contributed by atoms with E-state index in [1.54, 1.807) is 6.92 Å². The summed E-state index contributed by atoms with van der Waals surface area (Å²) < 4.78 is 0. The van der Waals surface area contributed by atoms with E-state index in [2.05, 4.69) is 27.1 Å². The zero-order chi connectivity index (χ0) is 10.8. The molecule has 2 N–H and O–H groups in total. The first-order valence-corrected chi connectivity index (χ1v) is 5.32. The number of likely N-dealkylation sites (N-methyl/N-ethyl adjacent to an activating group) is 1. The quantitative estimate of drug-likeness (QED) is 0.729. The summed E-state index contributed by atoms with van der Waals surface area (Å²) in [6.45, 7) is 3.97. The second-order valence-corrected chi connectivity index (χ2v) is 4.23. The molecule has 5 nitrogen and oxygen atoms in total. The number of nitrogens with two attached hydrogens (primary N) is 1. The highest BCUT2D eigenvalue weighted by Gasteiger charge is 2.23. The number of hydrogen-bond acceptors (Lipinski definition) is 5. The molecule has 1 unspecified atom stereocenters. The maximum Gasteiger partial charge on any atom is 0.150 e. The number of likely N-dealkylation sites (tertiary alicyclic amines) is 1. The van der Waals surface area contributed by atoms with Gasteiger partial charge in [-0.25, -0.2) is 4.98 Å². The molecule has 82 valence electrons. The van der Waals surface area contributed by atoms with E-state index in [1.165, 1.54) is 6.42 Å². The van der Waals surface area contributed by atoms with Gasteiger partial charge in [-0.1, -0.05) is 0 Å². The van der Waals surface area contributed by atoms with Crippen LogP contribution < -0.4 is 5.73 Å². The monoisotopic (exact) mass is 207 g/mol. The predicted octanol–water partition coefficient (Wildman–Crippen LogP) is 0.571. The van der Waals surface area contributed by atoms with Crippen molar-refractivity contribution in [3.8, 4) is 0 Å². The average Bonchev–Trinajstić information content (AvgIpc) is 2.17. The standard InChI is InChI=1S/C10H17N5/c1-7-12-10(11)9(14-13-7)8-4-3-5-15(2)6-8/h8H,3-6H2,1-2H3,(H2,11,12,13). The van der Waals surface area contributed by atoms with Crippen molar-refractivity contribution < 1.29 is 0 Å². The Hall–Kier alpha value is -1.23. The molecule has 0 saturated carbocycles. The first kappa shape index (κ1) is 10.3. The Kier molecular flexibility index (Phi) is 2.81. The molecular formula is C10H17N5. The fraction of sp³-hybridized carbons (Fsp3) is 0.700. The Bertz CT molecular complexity index is 352. The third-order valence-corrected chi connectivity index (χ3v) is 2.86. The number of nitrogen functional groups attached to an aromatic ring is 1. The van der Waals surface area contributed by atoms with Gasteiger partial charge in [-0.3, -0.25) is 0 Å². The Labute approximate surface area is 89.7 Å². The number of hydrogen-bond donors (Lipinski definition) is 1. The van der Waals surface area contributed by atoms with E-state index in [1.807, 2.05) is 0 Å². The van der Waals surface area contributed by atoms with Gasteiger partial charge in [-0.05, 0) is 33.4 Å². The van der Waals surface area contributed by atoms with Crippen molar-refractivity contribution in [3.63, 3.8) is 0 Å². The van der Waals surface area contributed by atoms with Gasteiger partial charge in [-0.2, -0.15) is 0 Å². The Morgan fingerprint density at radius 1 is 1.40 bits per heavy atom. The van der Waals surface area contributed by atoms with Crippen LogP contribution in [0.1, 0.15) is 30.3 Å². The van der Waals surface area contributed by atoms with Gasteiger partial charge >= 0.3 is 0 Å². The minimum atomic E-state index is 0.393. The molecule has 5 heteroatoms. The highest BCUT2D eigenvalue weighted by Crippen LogP contribution is 2.26. The largest absolute Gasteiger partial charge is 0.382 e. The smallest absolute Gasteiger partial charge is 0.150 e. The van der Waals surface area contributed by atoms with Gasteiger partial charge in [0.2, 0.25) is 0 Å². The molecule has 0 bridgehead atoms. The lowest BCUT2D eigenvalue weighted by Gasteiger charge is -2.29. The molecule has 0 amide bonds. The first-order chi connectivity index (χ1) is 7.16. The molecule has 0 radical (unpaired) electrons. The van der Waals surface area contributed by atoms with Gasteiger partial charge in [0.05, 0.1) is 0 Å². The van der Waals surface area contributed by atoms with Crippen LogP contribution in [0, 0.1) is 6.92 Å². The molecule has 0 spiro atoms. The third-order valence-electron chi connectivity index (χ3n) is 2.86. The van der Waals surface area contributed by atoms with Crippen LogP contribution in [-0.4, -0.2) is 40.2 Å². The summed E-state index contributed by atoms with van der Waals surface area (Å²) in [4.78, 5) is 6.46. The number of piperidine rings is 1. The summed E-state index contributed by atoms with van der Waals surface area (Å²) in [5, 5.41) is 8.15. The molecule has 1 saturated heterocycles. The summed E-state index contributed by atoms with van der Waals surface area (Å²) in [7, 11) is 2.12. The topological polar surface area (TPSA) is 67.9 Å². The molecule has 1 fully saturated rings. The molecule has 1 aliphatic rings. The van der Waals surface area contributed by atoms with Gasteiger partial charge in [0, 0.05) is 12.5 Å². The van der Waals surface area contributed by atoms with Crippen LogP contribution in [0.2, 0.25) is 0 Å². The SMILES string of the molecule is Cc1nnc(C2CCCN(C)C2)c(N)n1. The molecule has 2 rings (SSSR count). The van der Waals surface area contributed by atoms with Crippen LogP contribution in [0.4, 0.5) is 5.82 Å². The molecule has 2 heterocycles. The van der Waals surface area contributed by atoms with Crippen molar-refractivity contribution in [2.24, 2.45) is 0 Å². The van der Waals surface area contributed by atoms with Crippen molar-refractivity contribution >= 4 is 5.82 Å². The number of aryl methyl sites for hydroxylation is 1. The lowest BCUT2D eigenvalue weighted by molar-refractivity contribution is 0.248. The number of nitrogens with zero attached hydrogens (tertiary/aromatic N) is 4. The summed E-state index contributed by atoms with van der Waals surface area (Å²) in [5.74, 6) is 1.58. The average molecular weight is 207 g/mol. The van der Waals surface area contributed by atoms with E-state index in [0.717, 1.165) is 25.2 Å². The highest BCUT2D eigenvalue weighted by molar-refractivity contribution is 5.36. The zero-order valence-electron chi connectivity index (χ0n) is 9.27. The summed E-state index contributed by atoms with van der Waals surface area (Å²) in [6, 6.07) is 0. The summed E-state index contributed by atoms with van der Waals surface area (Å²) in [6.07, 6.45) is 2.32. The van der Waals surface area contributed by atoms with E-state index in [0.29, 0.717) is 17.6 Å². The zero-order valence-corrected chi connectivity index (χ0v) is 9.27. The minimum absolute atomic E-state index is 0.393. The second kappa shape index (κ2) is 4.10. The molecule has 15 heavy (non-hydrogen) atoms. The first-order valence-electron chi connectivity index (χ1n) is 5.32. The van der Waals surface area contributed by atoms with E-state index in [4.69, 9.17) is 5.73 Å². The molecular weight excluding hydrogens is 190 g/mol. The van der Waals surface area contributed by atoms with Crippen LogP contribution in [0.15, 0.2) is 0 Å². The van der Waals surface area contributed by atoms with Crippen molar-refractivity contribution in [2.75, 3.05) is 25.9 Å². The van der Waals surface area contributed by atoms with Crippen LogP contribution >= 0.6 is 0 Å². The van der Waals surface area contributed by atoms with E-state index in [-0.39, 0.29) is 0 Å². The molecule has 1 aliphatic heterocycles. The maximum atomic E-state index is 5.87. The fourth-order valence-corrected chi connectivity index (χ4v) is 2.11. The minimum Gasteiger partial charge on any atom is -0.382 e. The number of anilines is 1. The lowest BCUT2D eigenvalue weighted by atomic mass is 9.95. The predicted molar refractivity (Wildman–Crippen MR) is 58.4 cm³/mol. The summed E-state index contributed by atoms with van der Waals surface area (Å²) >= 11 is 0. The van der Waals surface area contributed by atoms with Gasteiger partial charge < -0.3 is 10.6 Å². The highest BCUT2D eigenvalue weighted by atomic mass is 15.2. The van der Waals surface area contributed by atoms with Gasteiger partial charge in [0.1, 0.15) is 17.3 Å². The Balaban J connectivity index is 2.21. The van der Waals surface area contributed by atoms with Gasteiger partial charge in [0.25, 0.3) is 0 Å². The fourth-order valence-electron chi connectivity index (χ4n) is 2.11. The van der Waals surface area contributed by atoms with Crippen LogP contribution in [0.25, 0.3) is 0 Å². The van der Waals surface area contributed by atoms with Crippen LogP contribution in [0.3, 0.4) is 0 Å². The van der Waals surface area contributed by atoms with E-state index >= 15 is 0 Å². The number of aromatic nitrogens is 3. The van der Waals surface area contributed by atoms with Gasteiger partial charge in [-0.15, -0.1) is 10.2 Å².